The molecule has 0 aliphatic heterocycles. The molecule has 7 heteroatoms. The summed E-state index contributed by atoms with van der Waals surface area (Å²) < 4.78 is 25.0. The van der Waals surface area contributed by atoms with E-state index in [0.717, 1.165) is 18.4 Å². The normalized spacial score (nSPS) is 19.8. The lowest BCUT2D eigenvalue weighted by Gasteiger charge is -2.25. The summed E-state index contributed by atoms with van der Waals surface area (Å²) in [5.74, 6) is 1.49. The highest BCUT2D eigenvalue weighted by Gasteiger charge is 2.26. The first-order chi connectivity index (χ1) is 13.1. The lowest BCUT2D eigenvalue weighted by molar-refractivity contribution is 0.0594. The number of nitrogens with zero attached hydrogens (tertiary/aromatic N) is 3. The maximum atomic E-state index is 13.9. The monoisotopic (exact) mass is 369 g/mol. The third-order valence-electron chi connectivity index (χ3n) is 4.71. The van der Waals surface area contributed by atoms with Gasteiger partial charge in [-0.2, -0.15) is 0 Å². The van der Waals surface area contributed by atoms with Gasteiger partial charge in [0, 0.05) is 24.1 Å². The minimum Gasteiger partial charge on any atom is -0.507 e. The minimum atomic E-state index is -0.962. The molecule has 2 aromatic heterocycles. The lowest BCUT2D eigenvalue weighted by Crippen LogP contribution is -2.32. The largest absolute Gasteiger partial charge is 0.507 e. The van der Waals surface area contributed by atoms with E-state index in [4.69, 9.17) is 9.15 Å². The zero-order valence-electron chi connectivity index (χ0n) is 14.9. The summed E-state index contributed by atoms with van der Waals surface area (Å²) in [4.78, 5) is 4.05. The van der Waals surface area contributed by atoms with Crippen LogP contribution >= 0.6 is 0 Å². The van der Waals surface area contributed by atoms with Crippen molar-refractivity contribution in [2.45, 2.75) is 44.9 Å². The van der Waals surface area contributed by atoms with E-state index in [1.165, 1.54) is 0 Å². The molecule has 1 aliphatic carbocycles. The Bertz CT molecular complexity index is 926. The number of ether oxygens (including phenoxy) is 1. The van der Waals surface area contributed by atoms with Gasteiger partial charge in [-0.05, 0) is 37.5 Å². The Morgan fingerprint density at radius 1 is 1.15 bits per heavy atom. The topological polar surface area (TPSA) is 81.3 Å². The van der Waals surface area contributed by atoms with Gasteiger partial charge in [-0.1, -0.05) is 12.5 Å². The van der Waals surface area contributed by atoms with E-state index >= 15 is 0 Å². The van der Waals surface area contributed by atoms with E-state index in [0.29, 0.717) is 41.6 Å². The molecule has 2 atom stereocenters. The van der Waals surface area contributed by atoms with Crippen molar-refractivity contribution in [3.8, 4) is 34.2 Å². The highest BCUT2D eigenvalue weighted by molar-refractivity contribution is 5.72. The molecule has 6 nitrogen and oxygen atoms in total. The van der Waals surface area contributed by atoms with Crippen LogP contribution in [-0.4, -0.2) is 32.6 Å². The first kappa shape index (κ1) is 17.5. The number of aromatic hydroxyl groups is 1. The van der Waals surface area contributed by atoms with Crippen LogP contribution in [0.15, 0.2) is 40.9 Å². The number of phenols is 1. The lowest BCUT2D eigenvalue weighted by atomic mass is 9.96. The molecule has 0 spiro atoms. The molecule has 4 rings (SSSR count). The van der Waals surface area contributed by atoms with Crippen LogP contribution in [0, 0.1) is 6.92 Å². The molecule has 0 amide bonds. The second kappa shape index (κ2) is 7.34. The summed E-state index contributed by atoms with van der Waals surface area (Å²) in [7, 11) is 0. The number of aryl methyl sites for hydroxylation is 1. The second-order valence-electron chi connectivity index (χ2n) is 6.69. The van der Waals surface area contributed by atoms with Gasteiger partial charge in [0.25, 0.3) is 0 Å². The number of rotatable bonds is 4. The number of benzene rings is 1. The van der Waals surface area contributed by atoms with Gasteiger partial charge in [0.15, 0.2) is 11.7 Å². The molecular formula is C20H20FN3O3. The average Bonchev–Trinajstić information content (AvgIpc) is 3.11. The molecule has 27 heavy (non-hydrogen) atoms. The Balaban J connectivity index is 1.51. The van der Waals surface area contributed by atoms with Crippen LogP contribution in [0.5, 0.6) is 11.6 Å². The number of alkyl halides is 1. The van der Waals surface area contributed by atoms with E-state index in [1.54, 1.807) is 37.4 Å². The van der Waals surface area contributed by atoms with Gasteiger partial charge in [-0.25, -0.2) is 9.37 Å². The van der Waals surface area contributed by atoms with Crippen LogP contribution in [0.25, 0.3) is 22.6 Å². The number of hydrogen-bond acceptors (Lipinski definition) is 6. The highest BCUT2D eigenvalue weighted by atomic mass is 19.1. The number of aromatic nitrogens is 3. The quantitative estimate of drug-likeness (QED) is 0.731. The second-order valence-corrected chi connectivity index (χ2v) is 6.69. The summed E-state index contributed by atoms with van der Waals surface area (Å²) in [6.07, 6.45) is 3.26. The fraction of sp³-hybridized carbons (Fsp3) is 0.350. The Hall–Kier alpha value is -2.96. The van der Waals surface area contributed by atoms with Crippen molar-refractivity contribution >= 4 is 0 Å². The molecule has 1 aromatic carbocycles. The van der Waals surface area contributed by atoms with E-state index in [-0.39, 0.29) is 5.75 Å². The Morgan fingerprint density at radius 3 is 2.67 bits per heavy atom. The summed E-state index contributed by atoms with van der Waals surface area (Å²) in [5.41, 5.74) is 1.76. The Labute approximate surface area is 156 Å². The summed E-state index contributed by atoms with van der Waals surface area (Å²) in [6.45, 7) is 1.76. The van der Waals surface area contributed by atoms with Crippen molar-refractivity contribution < 1.29 is 18.7 Å². The minimum absolute atomic E-state index is 0.0561. The molecule has 0 radical (unpaired) electrons. The van der Waals surface area contributed by atoms with Gasteiger partial charge in [0.1, 0.15) is 18.0 Å². The smallest absolute Gasteiger partial charge is 0.233 e. The third kappa shape index (κ3) is 3.77. The summed E-state index contributed by atoms with van der Waals surface area (Å²) >= 11 is 0. The molecular weight excluding hydrogens is 349 g/mol. The molecule has 1 aliphatic rings. The zero-order valence-corrected chi connectivity index (χ0v) is 14.9. The van der Waals surface area contributed by atoms with E-state index in [1.807, 2.05) is 6.07 Å². The first-order valence-electron chi connectivity index (χ1n) is 9.01. The molecule has 1 saturated carbocycles. The van der Waals surface area contributed by atoms with Gasteiger partial charge >= 0.3 is 0 Å². The fourth-order valence-corrected chi connectivity index (χ4v) is 3.26. The molecule has 3 aromatic rings. The fourth-order valence-electron chi connectivity index (χ4n) is 3.26. The maximum absolute atomic E-state index is 13.9. The van der Waals surface area contributed by atoms with Crippen LogP contribution in [-0.2, 0) is 0 Å². The van der Waals surface area contributed by atoms with Crippen LogP contribution in [0.4, 0.5) is 4.39 Å². The molecule has 1 fully saturated rings. The van der Waals surface area contributed by atoms with Gasteiger partial charge in [0.05, 0.1) is 11.9 Å². The first-order valence-corrected chi connectivity index (χ1v) is 9.01. The van der Waals surface area contributed by atoms with Crippen LogP contribution in [0.2, 0.25) is 0 Å². The highest BCUT2D eigenvalue weighted by Crippen LogP contribution is 2.33. The number of hydrogen-bond donors (Lipinski definition) is 1. The van der Waals surface area contributed by atoms with Crippen molar-refractivity contribution in [1.82, 2.24) is 15.2 Å². The number of phenolic OH excluding ortho intramolecular Hbond substituents is 1. The predicted octanol–water partition coefficient (Wildman–Crippen LogP) is 4.47. The number of oxazole rings is 1. The predicted molar refractivity (Wildman–Crippen MR) is 97.1 cm³/mol. The molecule has 0 unspecified atom stereocenters. The molecule has 0 saturated heterocycles. The van der Waals surface area contributed by atoms with Gasteiger partial charge in [0.2, 0.25) is 5.88 Å². The molecule has 2 heterocycles. The van der Waals surface area contributed by atoms with Crippen LogP contribution in [0.3, 0.4) is 0 Å². The standard InChI is InChI=1S/C20H20FN3O3/c1-12-22-11-19(26-12)13-6-7-14(17(25)10-13)16-8-9-20(24-23-16)27-18-5-3-2-4-15(18)21/h6-11,15,18,25H,2-5H2,1H3/t15-,18+/m0/s1. The summed E-state index contributed by atoms with van der Waals surface area (Å²) in [6, 6.07) is 8.50. The SMILES string of the molecule is Cc1ncc(-c2ccc(-c3ccc(O[C@@H]4CCCC[C@@H]4F)nn3)c(O)c2)o1. The molecule has 1 N–H and O–H groups in total. The van der Waals surface area contributed by atoms with Crippen molar-refractivity contribution in [2.75, 3.05) is 0 Å². The van der Waals surface area contributed by atoms with Crippen LogP contribution < -0.4 is 4.74 Å². The van der Waals surface area contributed by atoms with E-state index in [9.17, 15) is 9.50 Å². The van der Waals surface area contributed by atoms with Crippen molar-refractivity contribution in [1.29, 1.82) is 0 Å². The summed E-state index contributed by atoms with van der Waals surface area (Å²) in [5, 5.41) is 18.5. The van der Waals surface area contributed by atoms with E-state index < -0.39 is 12.3 Å². The maximum Gasteiger partial charge on any atom is 0.233 e. The van der Waals surface area contributed by atoms with Crippen molar-refractivity contribution in [2.24, 2.45) is 0 Å². The van der Waals surface area contributed by atoms with Gasteiger partial charge in [-0.3, -0.25) is 0 Å². The Kier molecular flexibility index (Phi) is 4.75. The van der Waals surface area contributed by atoms with Gasteiger partial charge < -0.3 is 14.3 Å². The molecule has 140 valence electrons. The van der Waals surface area contributed by atoms with Crippen molar-refractivity contribution in [3.63, 3.8) is 0 Å². The van der Waals surface area contributed by atoms with Crippen molar-refractivity contribution in [3.05, 3.63) is 42.4 Å². The average molecular weight is 369 g/mol. The van der Waals surface area contributed by atoms with E-state index in [2.05, 4.69) is 15.2 Å². The third-order valence-corrected chi connectivity index (χ3v) is 4.71. The molecule has 0 bridgehead atoms. The zero-order chi connectivity index (χ0) is 18.8. The Morgan fingerprint density at radius 2 is 2.00 bits per heavy atom. The van der Waals surface area contributed by atoms with Crippen LogP contribution in [0.1, 0.15) is 31.6 Å². The number of halogens is 1. The van der Waals surface area contributed by atoms with Gasteiger partial charge in [-0.15, -0.1) is 10.2 Å².